The van der Waals surface area contributed by atoms with Crippen molar-refractivity contribution in [3.8, 4) is 0 Å². The van der Waals surface area contributed by atoms with Crippen LogP contribution in [0.25, 0.3) is 0 Å². The second kappa shape index (κ2) is 3.94. The van der Waals surface area contributed by atoms with Crippen molar-refractivity contribution in [3.05, 3.63) is 34.0 Å². The van der Waals surface area contributed by atoms with Crippen molar-refractivity contribution in [2.24, 2.45) is 7.05 Å². The Bertz CT molecular complexity index is 486. The van der Waals surface area contributed by atoms with Gasteiger partial charge in [-0.2, -0.15) is 5.10 Å². The van der Waals surface area contributed by atoms with Crippen LogP contribution in [-0.2, 0) is 13.5 Å². The Morgan fingerprint density at radius 1 is 1.60 bits per heavy atom. The monoisotopic (exact) mass is 221 g/mol. The molecule has 4 nitrogen and oxygen atoms in total. The third-order valence-electron chi connectivity index (χ3n) is 2.01. The van der Waals surface area contributed by atoms with Gasteiger partial charge >= 0.3 is 0 Å². The standard InChI is InChI=1S/C10H11N3OS/c1-7-11-6-10(15-7)9(14)5-8-3-4-13(2)12-8/h3-4,6H,5H2,1-2H3. The van der Waals surface area contributed by atoms with Crippen LogP contribution in [0.3, 0.4) is 0 Å². The summed E-state index contributed by atoms with van der Waals surface area (Å²) in [4.78, 5) is 16.5. The number of aryl methyl sites for hydroxylation is 2. The molecule has 0 aliphatic rings. The van der Waals surface area contributed by atoms with Crippen LogP contribution in [0, 0.1) is 6.92 Å². The van der Waals surface area contributed by atoms with Crippen LogP contribution in [0.15, 0.2) is 18.5 Å². The van der Waals surface area contributed by atoms with Gasteiger partial charge in [-0.1, -0.05) is 0 Å². The van der Waals surface area contributed by atoms with Crippen LogP contribution in [0.2, 0.25) is 0 Å². The fourth-order valence-electron chi connectivity index (χ4n) is 1.30. The van der Waals surface area contributed by atoms with Crippen molar-refractivity contribution in [2.75, 3.05) is 0 Å². The van der Waals surface area contributed by atoms with Crippen LogP contribution in [0.4, 0.5) is 0 Å². The molecule has 0 N–H and O–H groups in total. The lowest BCUT2D eigenvalue weighted by atomic mass is 10.2. The molecule has 5 heteroatoms. The van der Waals surface area contributed by atoms with Crippen LogP contribution in [0.5, 0.6) is 0 Å². The molecule has 2 aromatic rings. The van der Waals surface area contributed by atoms with E-state index in [9.17, 15) is 4.79 Å². The van der Waals surface area contributed by atoms with Gasteiger partial charge < -0.3 is 0 Å². The highest BCUT2D eigenvalue weighted by molar-refractivity contribution is 7.13. The summed E-state index contributed by atoms with van der Waals surface area (Å²) in [6.45, 7) is 1.89. The molecule has 0 saturated carbocycles. The molecule has 2 aromatic heterocycles. The van der Waals surface area contributed by atoms with Crippen molar-refractivity contribution >= 4 is 17.1 Å². The molecule has 2 rings (SSSR count). The number of thiazole rings is 1. The first-order valence-electron chi connectivity index (χ1n) is 4.59. The maximum Gasteiger partial charge on any atom is 0.180 e. The number of aromatic nitrogens is 3. The number of hydrogen-bond acceptors (Lipinski definition) is 4. The van der Waals surface area contributed by atoms with Gasteiger partial charge in [-0.25, -0.2) is 4.98 Å². The lowest BCUT2D eigenvalue weighted by Crippen LogP contribution is -2.02. The molecule has 0 fully saturated rings. The summed E-state index contributed by atoms with van der Waals surface area (Å²) in [6, 6.07) is 1.85. The molecule has 78 valence electrons. The molecule has 0 bridgehead atoms. The normalized spacial score (nSPS) is 10.5. The molecule has 0 spiro atoms. The molecular formula is C10H11N3OS. The maximum absolute atomic E-state index is 11.8. The van der Waals surface area contributed by atoms with E-state index in [2.05, 4.69) is 10.1 Å². The lowest BCUT2D eigenvalue weighted by molar-refractivity contribution is 0.0995. The van der Waals surface area contributed by atoms with Gasteiger partial charge in [0.1, 0.15) is 0 Å². The van der Waals surface area contributed by atoms with E-state index in [-0.39, 0.29) is 5.78 Å². The number of hydrogen-bond donors (Lipinski definition) is 0. The van der Waals surface area contributed by atoms with E-state index >= 15 is 0 Å². The quantitative estimate of drug-likeness (QED) is 0.740. The van der Waals surface area contributed by atoms with E-state index in [0.717, 1.165) is 10.7 Å². The van der Waals surface area contributed by atoms with Gasteiger partial charge in [0.15, 0.2) is 5.78 Å². The Morgan fingerprint density at radius 2 is 2.40 bits per heavy atom. The molecular weight excluding hydrogens is 210 g/mol. The average molecular weight is 221 g/mol. The van der Waals surface area contributed by atoms with E-state index in [4.69, 9.17) is 0 Å². The Kier molecular flexibility index (Phi) is 2.64. The van der Waals surface area contributed by atoms with E-state index < -0.39 is 0 Å². The number of Topliss-reactive ketones (excluding diaryl/α,β-unsaturated/α-hetero) is 1. The lowest BCUT2D eigenvalue weighted by Gasteiger charge is -1.93. The Labute approximate surface area is 91.6 Å². The minimum Gasteiger partial charge on any atom is -0.293 e. The van der Waals surface area contributed by atoms with Gasteiger partial charge in [0, 0.05) is 19.4 Å². The summed E-state index contributed by atoms with van der Waals surface area (Å²) in [5.41, 5.74) is 0.800. The molecule has 0 unspecified atom stereocenters. The predicted molar refractivity (Wildman–Crippen MR) is 58.1 cm³/mol. The number of ketones is 1. The topological polar surface area (TPSA) is 47.8 Å². The van der Waals surface area contributed by atoms with Crippen LogP contribution in [-0.4, -0.2) is 20.5 Å². The highest BCUT2D eigenvalue weighted by Crippen LogP contribution is 2.14. The van der Waals surface area contributed by atoms with Crippen LogP contribution < -0.4 is 0 Å². The van der Waals surface area contributed by atoms with Crippen molar-refractivity contribution in [1.29, 1.82) is 0 Å². The number of carbonyl (C=O) groups is 1. The molecule has 0 aliphatic carbocycles. The van der Waals surface area contributed by atoms with Crippen molar-refractivity contribution in [3.63, 3.8) is 0 Å². The van der Waals surface area contributed by atoms with Crippen molar-refractivity contribution < 1.29 is 4.79 Å². The molecule has 2 heterocycles. The first-order chi connectivity index (χ1) is 7.15. The molecule has 0 atom stereocenters. The van der Waals surface area contributed by atoms with Gasteiger partial charge in [0.2, 0.25) is 0 Å². The molecule has 0 aliphatic heterocycles. The minimum atomic E-state index is 0.0827. The van der Waals surface area contributed by atoms with E-state index in [0.29, 0.717) is 11.3 Å². The number of rotatable bonds is 3. The van der Waals surface area contributed by atoms with Crippen LogP contribution >= 0.6 is 11.3 Å². The maximum atomic E-state index is 11.8. The fraction of sp³-hybridized carbons (Fsp3) is 0.300. The van der Waals surface area contributed by atoms with Gasteiger partial charge in [-0.05, 0) is 13.0 Å². The van der Waals surface area contributed by atoms with Crippen molar-refractivity contribution in [2.45, 2.75) is 13.3 Å². The fourth-order valence-corrected chi connectivity index (χ4v) is 2.01. The van der Waals surface area contributed by atoms with Gasteiger partial charge in [-0.15, -0.1) is 11.3 Å². The van der Waals surface area contributed by atoms with E-state index in [1.807, 2.05) is 26.2 Å². The van der Waals surface area contributed by atoms with Crippen molar-refractivity contribution in [1.82, 2.24) is 14.8 Å². The Morgan fingerprint density at radius 3 is 2.93 bits per heavy atom. The number of nitrogens with zero attached hydrogens (tertiary/aromatic N) is 3. The summed E-state index contributed by atoms with van der Waals surface area (Å²) in [5.74, 6) is 0.0827. The predicted octanol–water partition coefficient (Wildman–Crippen LogP) is 1.61. The van der Waals surface area contributed by atoms with E-state index in [1.165, 1.54) is 11.3 Å². The zero-order valence-corrected chi connectivity index (χ0v) is 9.41. The summed E-state index contributed by atoms with van der Waals surface area (Å²) in [5, 5.41) is 5.08. The van der Waals surface area contributed by atoms with Gasteiger partial charge in [0.05, 0.1) is 22.0 Å². The molecule has 15 heavy (non-hydrogen) atoms. The minimum absolute atomic E-state index is 0.0827. The first kappa shape index (κ1) is 10.0. The van der Waals surface area contributed by atoms with Crippen LogP contribution in [0.1, 0.15) is 20.4 Å². The second-order valence-electron chi connectivity index (χ2n) is 3.32. The molecule has 0 aromatic carbocycles. The molecule has 0 amide bonds. The second-order valence-corrected chi connectivity index (χ2v) is 4.56. The van der Waals surface area contributed by atoms with E-state index in [1.54, 1.807) is 10.9 Å². The summed E-state index contributed by atoms with van der Waals surface area (Å²) >= 11 is 1.43. The van der Waals surface area contributed by atoms with Gasteiger partial charge in [0.25, 0.3) is 0 Å². The molecule has 0 saturated heterocycles. The summed E-state index contributed by atoms with van der Waals surface area (Å²) in [7, 11) is 1.84. The Balaban J connectivity index is 2.10. The summed E-state index contributed by atoms with van der Waals surface area (Å²) in [6.07, 6.45) is 3.81. The molecule has 0 radical (unpaired) electrons. The average Bonchev–Trinajstić information content (AvgIpc) is 2.75. The number of carbonyl (C=O) groups excluding carboxylic acids is 1. The SMILES string of the molecule is Cc1ncc(C(=O)Cc2ccn(C)n2)s1. The van der Waals surface area contributed by atoms with Gasteiger partial charge in [-0.3, -0.25) is 9.48 Å². The Hall–Kier alpha value is -1.49. The zero-order valence-electron chi connectivity index (χ0n) is 8.60. The third kappa shape index (κ3) is 2.30. The smallest absolute Gasteiger partial charge is 0.180 e. The highest BCUT2D eigenvalue weighted by Gasteiger charge is 2.11. The third-order valence-corrected chi connectivity index (χ3v) is 2.96. The zero-order chi connectivity index (χ0) is 10.8. The first-order valence-corrected chi connectivity index (χ1v) is 5.41. The highest BCUT2D eigenvalue weighted by atomic mass is 32.1. The summed E-state index contributed by atoms with van der Waals surface area (Å²) < 4.78 is 1.69. The largest absolute Gasteiger partial charge is 0.293 e.